The van der Waals surface area contributed by atoms with E-state index in [9.17, 15) is 13.2 Å². The highest BCUT2D eigenvalue weighted by molar-refractivity contribution is 7.91. The van der Waals surface area contributed by atoms with Crippen LogP contribution in [0.3, 0.4) is 0 Å². The molecule has 142 valence electrons. The normalized spacial score (nSPS) is 19.7. The topological polar surface area (TPSA) is 120 Å². The Labute approximate surface area is 156 Å². The molecule has 1 aromatic carbocycles. The van der Waals surface area contributed by atoms with Gasteiger partial charge in [0.1, 0.15) is 17.3 Å². The number of nitrogens with one attached hydrogen (secondary N) is 2. The molecule has 0 radical (unpaired) electrons. The molecule has 2 aliphatic heterocycles. The molecule has 0 bridgehead atoms. The largest absolute Gasteiger partial charge is 0.454 e. The van der Waals surface area contributed by atoms with Crippen LogP contribution in [0.25, 0.3) is 0 Å². The Bertz CT molecular complexity index is 1010. The zero-order chi connectivity index (χ0) is 19.0. The first-order valence-corrected chi connectivity index (χ1v) is 10.2. The van der Waals surface area contributed by atoms with Crippen LogP contribution in [0.4, 0.5) is 11.5 Å². The van der Waals surface area contributed by atoms with Crippen LogP contribution in [0.5, 0.6) is 11.5 Å². The van der Waals surface area contributed by atoms with Crippen molar-refractivity contribution in [1.29, 1.82) is 0 Å². The van der Waals surface area contributed by atoms with Crippen LogP contribution in [0.15, 0.2) is 24.3 Å². The van der Waals surface area contributed by atoms with E-state index in [2.05, 4.69) is 20.6 Å². The van der Waals surface area contributed by atoms with E-state index in [-0.39, 0.29) is 30.0 Å². The summed E-state index contributed by atoms with van der Waals surface area (Å²) in [5, 5.41) is 5.84. The molecule has 1 saturated heterocycles. The Kier molecular flexibility index (Phi) is 4.34. The molecule has 9 nitrogen and oxygen atoms in total. The molecule has 0 spiro atoms. The molecule has 2 aromatic rings. The van der Waals surface area contributed by atoms with Crippen LogP contribution >= 0.6 is 0 Å². The van der Waals surface area contributed by atoms with Gasteiger partial charge in [0.2, 0.25) is 6.79 Å². The van der Waals surface area contributed by atoms with E-state index in [1.165, 1.54) is 6.07 Å². The van der Waals surface area contributed by atoms with Crippen LogP contribution in [0.2, 0.25) is 0 Å². The summed E-state index contributed by atoms with van der Waals surface area (Å²) in [6, 6.07) is 6.52. The molecule has 1 amide bonds. The van der Waals surface area contributed by atoms with Gasteiger partial charge in [0, 0.05) is 23.9 Å². The number of aromatic nitrogens is 2. The van der Waals surface area contributed by atoms with Crippen molar-refractivity contribution in [2.24, 2.45) is 0 Å². The highest BCUT2D eigenvalue weighted by Crippen LogP contribution is 2.34. The zero-order valence-corrected chi connectivity index (χ0v) is 15.4. The van der Waals surface area contributed by atoms with Gasteiger partial charge in [0.25, 0.3) is 5.91 Å². The summed E-state index contributed by atoms with van der Waals surface area (Å²) >= 11 is 0. The van der Waals surface area contributed by atoms with Gasteiger partial charge in [-0.2, -0.15) is 0 Å². The Balaban J connectivity index is 1.50. The Morgan fingerprint density at radius 1 is 1.19 bits per heavy atom. The Morgan fingerprint density at radius 3 is 2.78 bits per heavy atom. The van der Waals surface area contributed by atoms with Crippen LogP contribution in [0.1, 0.15) is 22.7 Å². The second-order valence-electron chi connectivity index (χ2n) is 6.45. The number of sulfone groups is 1. The molecule has 1 unspecified atom stereocenters. The summed E-state index contributed by atoms with van der Waals surface area (Å²) in [6.45, 7) is 1.87. The van der Waals surface area contributed by atoms with Crippen LogP contribution in [-0.2, 0) is 9.84 Å². The van der Waals surface area contributed by atoms with Crippen molar-refractivity contribution in [1.82, 2.24) is 15.3 Å². The van der Waals surface area contributed by atoms with E-state index >= 15 is 0 Å². The Morgan fingerprint density at radius 2 is 2.00 bits per heavy atom. The third kappa shape index (κ3) is 3.95. The number of ether oxygens (including phenoxy) is 2. The van der Waals surface area contributed by atoms with Gasteiger partial charge in [-0.1, -0.05) is 0 Å². The number of carbonyl (C=O) groups excluding carboxylic acids is 1. The quantitative estimate of drug-likeness (QED) is 0.798. The number of aryl methyl sites for hydroxylation is 1. The highest BCUT2D eigenvalue weighted by atomic mass is 32.2. The molecule has 3 heterocycles. The summed E-state index contributed by atoms with van der Waals surface area (Å²) < 4.78 is 33.7. The minimum absolute atomic E-state index is 0.0366. The minimum atomic E-state index is -3.07. The van der Waals surface area contributed by atoms with Crippen molar-refractivity contribution in [3.8, 4) is 11.5 Å². The fraction of sp³-hybridized carbons (Fsp3) is 0.353. The fourth-order valence-corrected chi connectivity index (χ4v) is 4.71. The number of hydrogen-bond acceptors (Lipinski definition) is 8. The first-order chi connectivity index (χ1) is 12.9. The molecule has 27 heavy (non-hydrogen) atoms. The molecule has 1 fully saturated rings. The maximum absolute atomic E-state index is 12.5. The molecule has 2 N–H and O–H groups in total. The predicted octanol–water partition coefficient (Wildman–Crippen LogP) is 1.17. The van der Waals surface area contributed by atoms with E-state index in [1.54, 1.807) is 19.1 Å². The maximum Gasteiger partial charge on any atom is 0.270 e. The van der Waals surface area contributed by atoms with Crippen molar-refractivity contribution in [2.75, 3.05) is 23.6 Å². The summed E-state index contributed by atoms with van der Waals surface area (Å²) in [5.74, 6) is 1.81. The average molecular weight is 390 g/mol. The van der Waals surface area contributed by atoms with Crippen molar-refractivity contribution < 1.29 is 22.7 Å². The maximum atomic E-state index is 12.5. The number of rotatable bonds is 4. The van der Waals surface area contributed by atoms with E-state index in [0.29, 0.717) is 29.6 Å². The first kappa shape index (κ1) is 17.5. The third-order valence-corrected chi connectivity index (χ3v) is 6.05. The number of amides is 1. The lowest BCUT2D eigenvalue weighted by Crippen LogP contribution is -2.36. The van der Waals surface area contributed by atoms with Gasteiger partial charge >= 0.3 is 0 Å². The summed E-state index contributed by atoms with van der Waals surface area (Å²) in [7, 11) is -3.07. The van der Waals surface area contributed by atoms with Crippen molar-refractivity contribution in [3.05, 3.63) is 35.8 Å². The average Bonchev–Trinajstić information content (AvgIpc) is 3.19. The monoisotopic (exact) mass is 390 g/mol. The van der Waals surface area contributed by atoms with Gasteiger partial charge in [0.15, 0.2) is 21.3 Å². The predicted molar refractivity (Wildman–Crippen MR) is 97.1 cm³/mol. The smallest absolute Gasteiger partial charge is 0.270 e. The summed E-state index contributed by atoms with van der Waals surface area (Å²) in [5.41, 5.74) is 0.903. The molecule has 0 saturated carbocycles. The van der Waals surface area contributed by atoms with Gasteiger partial charge < -0.3 is 20.1 Å². The molecular weight excluding hydrogens is 372 g/mol. The van der Waals surface area contributed by atoms with Gasteiger partial charge in [-0.3, -0.25) is 4.79 Å². The zero-order valence-electron chi connectivity index (χ0n) is 14.6. The second-order valence-corrected chi connectivity index (χ2v) is 8.68. The van der Waals surface area contributed by atoms with Crippen molar-refractivity contribution in [2.45, 2.75) is 19.4 Å². The van der Waals surface area contributed by atoms with Crippen molar-refractivity contribution >= 4 is 27.2 Å². The summed E-state index contributed by atoms with van der Waals surface area (Å²) in [6.07, 6.45) is 0.417. The van der Waals surface area contributed by atoms with Gasteiger partial charge in [-0.25, -0.2) is 18.4 Å². The molecule has 4 rings (SSSR count). The molecular formula is C17H18N4O5S. The van der Waals surface area contributed by atoms with Gasteiger partial charge in [-0.05, 0) is 25.5 Å². The number of anilines is 2. The lowest BCUT2D eigenvalue weighted by molar-refractivity contribution is 0.0935. The van der Waals surface area contributed by atoms with Crippen LogP contribution < -0.4 is 20.1 Å². The SMILES string of the molecule is Cc1nc(Nc2ccc3c(c2)OCO3)cc(C(=O)NC2CCS(=O)(=O)C2)n1. The second kappa shape index (κ2) is 6.69. The summed E-state index contributed by atoms with van der Waals surface area (Å²) in [4.78, 5) is 20.9. The molecule has 0 aliphatic carbocycles. The third-order valence-electron chi connectivity index (χ3n) is 4.28. The lowest BCUT2D eigenvalue weighted by Gasteiger charge is -2.12. The molecule has 2 aliphatic rings. The number of nitrogens with zero attached hydrogens (tertiary/aromatic N) is 2. The van der Waals surface area contributed by atoms with E-state index in [4.69, 9.17) is 9.47 Å². The van der Waals surface area contributed by atoms with E-state index in [1.807, 2.05) is 6.07 Å². The fourth-order valence-electron chi connectivity index (χ4n) is 3.04. The minimum Gasteiger partial charge on any atom is -0.454 e. The highest BCUT2D eigenvalue weighted by Gasteiger charge is 2.29. The van der Waals surface area contributed by atoms with Crippen LogP contribution in [0, 0.1) is 6.92 Å². The Hall–Kier alpha value is -2.88. The first-order valence-electron chi connectivity index (χ1n) is 8.42. The van der Waals surface area contributed by atoms with E-state index < -0.39 is 15.7 Å². The van der Waals surface area contributed by atoms with Crippen molar-refractivity contribution in [3.63, 3.8) is 0 Å². The van der Waals surface area contributed by atoms with Crippen LogP contribution in [-0.4, -0.2) is 48.6 Å². The lowest BCUT2D eigenvalue weighted by atomic mass is 10.2. The molecule has 1 aromatic heterocycles. The molecule has 1 atom stereocenters. The molecule has 10 heteroatoms. The number of hydrogen-bond donors (Lipinski definition) is 2. The number of benzene rings is 1. The number of carbonyl (C=O) groups is 1. The van der Waals surface area contributed by atoms with Gasteiger partial charge in [-0.15, -0.1) is 0 Å². The van der Waals surface area contributed by atoms with Gasteiger partial charge in [0.05, 0.1) is 11.5 Å². The number of fused-ring (bicyclic) bond motifs is 1. The van der Waals surface area contributed by atoms with E-state index in [0.717, 1.165) is 5.69 Å². The standard InChI is InChI=1S/C17H18N4O5S/c1-10-18-13(17(22)21-12-4-5-27(23,24)8-12)7-16(19-10)20-11-2-3-14-15(6-11)26-9-25-14/h2-3,6-7,12H,4-5,8-9H2,1H3,(H,21,22)(H,18,19,20).